The molecule has 0 spiro atoms. The van der Waals surface area contributed by atoms with Crippen LogP contribution in [-0.2, 0) is 10.0 Å². The molecule has 2 aliphatic carbocycles. The zero-order valence-corrected chi connectivity index (χ0v) is 16.0. The Bertz CT molecular complexity index is 745. The van der Waals surface area contributed by atoms with Crippen molar-refractivity contribution in [2.45, 2.75) is 63.4 Å². The van der Waals surface area contributed by atoms with Crippen LogP contribution in [0, 0.1) is 17.8 Å². The van der Waals surface area contributed by atoms with E-state index < -0.39 is 10.0 Å². The molecule has 4 unspecified atom stereocenters. The van der Waals surface area contributed by atoms with Crippen molar-refractivity contribution in [3.05, 3.63) is 29.8 Å². The number of fused-ring (bicyclic) bond motifs is 2. The highest BCUT2D eigenvalue weighted by Crippen LogP contribution is 2.49. The Kier molecular flexibility index (Phi) is 5.21. The SMILES string of the molecule is CC(C)NS(=O)(=O)c1cccc(C(=O)NC(C)C2CC3CCC2C3)c1. The van der Waals surface area contributed by atoms with Crippen molar-refractivity contribution in [1.29, 1.82) is 0 Å². The van der Waals surface area contributed by atoms with Gasteiger partial charge in [-0.25, -0.2) is 13.1 Å². The summed E-state index contributed by atoms with van der Waals surface area (Å²) in [4.78, 5) is 12.7. The van der Waals surface area contributed by atoms with Crippen LogP contribution in [0.5, 0.6) is 0 Å². The zero-order chi connectivity index (χ0) is 18.2. The van der Waals surface area contributed by atoms with E-state index in [9.17, 15) is 13.2 Å². The normalized spacial score (nSPS) is 26.8. The Morgan fingerprint density at radius 3 is 2.52 bits per heavy atom. The topological polar surface area (TPSA) is 75.3 Å². The molecule has 0 radical (unpaired) electrons. The summed E-state index contributed by atoms with van der Waals surface area (Å²) < 4.78 is 27.1. The average molecular weight is 365 g/mol. The molecule has 5 nitrogen and oxygen atoms in total. The fourth-order valence-corrected chi connectivity index (χ4v) is 5.78. The van der Waals surface area contributed by atoms with Crippen LogP contribution in [0.2, 0.25) is 0 Å². The number of carbonyl (C=O) groups excluding carboxylic acids is 1. The van der Waals surface area contributed by atoms with Gasteiger partial charge in [-0.15, -0.1) is 0 Å². The van der Waals surface area contributed by atoms with Crippen molar-refractivity contribution in [3.63, 3.8) is 0 Å². The molecule has 1 amide bonds. The number of hydrogen-bond donors (Lipinski definition) is 2. The molecule has 3 rings (SSSR count). The van der Waals surface area contributed by atoms with E-state index >= 15 is 0 Å². The largest absolute Gasteiger partial charge is 0.349 e. The van der Waals surface area contributed by atoms with Gasteiger partial charge in [0.25, 0.3) is 5.91 Å². The van der Waals surface area contributed by atoms with Crippen molar-refractivity contribution in [1.82, 2.24) is 10.0 Å². The zero-order valence-electron chi connectivity index (χ0n) is 15.2. The molecule has 2 fully saturated rings. The Morgan fingerprint density at radius 2 is 1.92 bits per heavy atom. The summed E-state index contributed by atoms with van der Waals surface area (Å²) in [6.07, 6.45) is 5.13. The van der Waals surface area contributed by atoms with Crippen molar-refractivity contribution in [3.8, 4) is 0 Å². The number of nitrogens with one attached hydrogen (secondary N) is 2. The molecule has 2 N–H and O–H groups in total. The van der Waals surface area contributed by atoms with Crippen LogP contribution in [0.3, 0.4) is 0 Å². The first kappa shape index (κ1) is 18.4. The fraction of sp³-hybridized carbons (Fsp3) is 0.632. The highest BCUT2D eigenvalue weighted by Gasteiger charge is 2.42. The minimum atomic E-state index is -3.60. The van der Waals surface area contributed by atoms with E-state index in [0.717, 1.165) is 11.8 Å². The summed E-state index contributed by atoms with van der Waals surface area (Å²) in [7, 11) is -3.60. The summed E-state index contributed by atoms with van der Waals surface area (Å²) in [6, 6.07) is 6.18. The van der Waals surface area contributed by atoms with Crippen LogP contribution in [0.4, 0.5) is 0 Å². The van der Waals surface area contributed by atoms with Gasteiger partial charge >= 0.3 is 0 Å². The minimum Gasteiger partial charge on any atom is -0.349 e. The fourth-order valence-electron chi connectivity index (χ4n) is 4.49. The van der Waals surface area contributed by atoms with Crippen LogP contribution < -0.4 is 10.0 Å². The number of hydrogen-bond acceptors (Lipinski definition) is 3. The molecule has 2 aliphatic rings. The van der Waals surface area contributed by atoms with E-state index in [1.807, 2.05) is 0 Å². The third-order valence-corrected chi connectivity index (χ3v) is 7.25. The second-order valence-corrected chi connectivity index (χ2v) is 9.62. The third-order valence-electron chi connectivity index (χ3n) is 5.59. The molecule has 0 heterocycles. The maximum Gasteiger partial charge on any atom is 0.251 e. The van der Waals surface area contributed by atoms with Crippen molar-refractivity contribution >= 4 is 15.9 Å². The average Bonchev–Trinajstić information content (AvgIpc) is 3.17. The summed E-state index contributed by atoms with van der Waals surface area (Å²) in [6.45, 7) is 5.61. The summed E-state index contributed by atoms with van der Waals surface area (Å²) in [5.74, 6) is 1.93. The number of amides is 1. The maximum atomic E-state index is 12.6. The molecule has 6 heteroatoms. The van der Waals surface area contributed by atoms with Crippen LogP contribution in [0.1, 0.15) is 56.8 Å². The van der Waals surface area contributed by atoms with E-state index in [1.54, 1.807) is 26.0 Å². The standard InChI is InChI=1S/C19H28N2O3S/c1-12(2)21-25(23,24)17-6-4-5-16(11-17)19(22)20-13(3)18-10-14-7-8-15(18)9-14/h4-6,11-15,18,21H,7-10H2,1-3H3,(H,20,22). The smallest absolute Gasteiger partial charge is 0.251 e. The summed E-state index contributed by atoms with van der Waals surface area (Å²) in [5, 5.41) is 3.09. The summed E-state index contributed by atoms with van der Waals surface area (Å²) in [5.41, 5.74) is 0.390. The molecule has 1 aromatic carbocycles. The summed E-state index contributed by atoms with van der Waals surface area (Å²) >= 11 is 0. The molecule has 138 valence electrons. The molecular formula is C19H28N2O3S. The third kappa shape index (κ3) is 4.06. The van der Waals surface area contributed by atoms with Gasteiger partial charge in [-0.1, -0.05) is 12.5 Å². The van der Waals surface area contributed by atoms with E-state index in [4.69, 9.17) is 0 Å². The van der Waals surface area contributed by atoms with E-state index in [0.29, 0.717) is 11.5 Å². The van der Waals surface area contributed by atoms with Crippen molar-refractivity contribution in [2.75, 3.05) is 0 Å². The lowest BCUT2D eigenvalue weighted by Gasteiger charge is -2.28. The molecule has 4 atom stereocenters. The lowest BCUT2D eigenvalue weighted by Crippen LogP contribution is -2.40. The van der Waals surface area contributed by atoms with Gasteiger partial charge in [-0.3, -0.25) is 4.79 Å². The van der Waals surface area contributed by atoms with Gasteiger partial charge in [0.15, 0.2) is 0 Å². The van der Waals surface area contributed by atoms with Gasteiger partial charge in [0.1, 0.15) is 0 Å². The van der Waals surface area contributed by atoms with Gasteiger partial charge in [0.05, 0.1) is 4.90 Å². The van der Waals surface area contributed by atoms with Gasteiger partial charge in [0.2, 0.25) is 10.0 Å². The molecule has 0 aliphatic heterocycles. The second-order valence-electron chi connectivity index (χ2n) is 7.90. The molecule has 1 aromatic rings. The Balaban J connectivity index is 1.69. The van der Waals surface area contributed by atoms with Crippen molar-refractivity contribution < 1.29 is 13.2 Å². The van der Waals surface area contributed by atoms with Crippen LogP contribution in [0.25, 0.3) is 0 Å². The van der Waals surface area contributed by atoms with Gasteiger partial charge in [0, 0.05) is 17.6 Å². The van der Waals surface area contributed by atoms with Crippen LogP contribution >= 0.6 is 0 Å². The Morgan fingerprint density at radius 1 is 1.16 bits per heavy atom. The van der Waals surface area contributed by atoms with Gasteiger partial charge in [-0.2, -0.15) is 0 Å². The highest BCUT2D eigenvalue weighted by molar-refractivity contribution is 7.89. The van der Waals surface area contributed by atoms with Crippen LogP contribution in [-0.4, -0.2) is 26.4 Å². The predicted molar refractivity (Wildman–Crippen MR) is 97.8 cm³/mol. The lowest BCUT2D eigenvalue weighted by molar-refractivity contribution is 0.0915. The maximum absolute atomic E-state index is 12.6. The molecule has 2 bridgehead atoms. The quantitative estimate of drug-likeness (QED) is 0.815. The highest BCUT2D eigenvalue weighted by atomic mass is 32.2. The Hall–Kier alpha value is -1.40. The molecular weight excluding hydrogens is 336 g/mol. The molecule has 2 saturated carbocycles. The minimum absolute atomic E-state index is 0.122. The van der Waals surface area contributed by atoms with Crippen LogP contribution in [0.15, 0.2) is 29.2 Å². The van der Waals surface area contributed by atoms with E-state index in [-0.39, 0.29) is 22.9 Å². The number of benzene rings is 1. The van der Waals surface area contributed by atoms with E-state index in [1.165, 1.54) is 37.8 Å². The lowest BCUT2D eigenvalue weighted by atomic mass is 9.84. The van der Waals surface area contributed by atoms with Crippen molar-refractivity contribution in [2.24, 2.45) is 17.8 Å². The second kappa shape index (κ2) is 7.08. The molecule has 0 saturated heterocycles. The van der Waals surface area contributed by atoms with Gasteiger partial charge < -0.3 is 5.32 Å². The first-order valence-electron chi connectivity index (χ1n) is 9.19. The Labute approximate surface area is 150 Å². The first-order valence-corrected chi connectivity index (χ1v) is 10.7. The van der Waals surface area contributed by atoms with E-state index in [2.05, 4.69) is 17.0 Å². The predicted octanol–water partition coefficient (Wildman–Crippen LogP) is 2.93. The monoisotopic (exact) mass is 364 g/mol. The first-order chi connectivity index (χ1) is 11.8. The van der Waals surface area contributed by atoms with Gasteiger partial charge in [-0.05, 0) is 76.0 Å². The molecule has 0 aromatic heterocycles. The number of carbonyl (C=O) groups is 1. The number of sulfonamides is 1. The number of rotatable bonds is 6. The molecule has 25 heavy (non-hydrogen) atoms.